The quantitative estimate of drug-likeness (QED) is 0.0702. The van der Waals surface area contributed by atoms with Crippen LogP contribution >= 0.6 is 23.4 Å². The fourth-order valence-corrected chi connectivity index (χ4v) is 6.78. The van der Waals surface area contributed by atoms with Gasteiger partial charge in [-0.15, -0.1) is 11.8 Å². The van der Waals surface area contributed by atoms with Gasteiger partial charge in [0, 0.05) is 22.2 Å². The zero-order valence-corrected chi connectivity index (χ0v) is 32.1. The minimum absolute atomic E-state index is 0.0464. The van der Waals surface area contributed by atoms with Crippen molar-refractivity contribution in [1.82, 2.24) is 5.32 Å². The fourth-order valence-electron chi connectivity index (χ4n) is 5.52. The van der Waals surface area contributed by atoms with Gasteiger partial charge >= 0.3 is 0 Å². The highest BCUT2D eigenvalue weighted by Crippen LogP contribution is 2.40. The van der Waals surface area contributed by atoms with Crippen LogP contribution in [-0.2, 0) is 16.2 Å². The van der Waals surface area contributed by atoms with Gasteiger partial charge in [-0.3, -0.25) is 14.4 Å². The third-order valence-corrected chi connectivity index (χ3v) is 9.97. The summed E-state index contributed by atoms with van der Waals surface area (Å²) in [5, 5.41) is 8.29. The van der Waals surface area contributed by atoms with E-state index in [9.17, 15) is 14.4 Å². The van der Waals surface area contributed by atoms with E-state index < -0.39 is 17.1 Å². The zero-order valence-electron chi connectivity index (χ0n) is 30.5. The highest BCUT2D eigenvalue weighted by Gasteiger charge is 2.24. The molecule has 6 aromatic carbocycles. The van der Waals surface area contributed by atoms with E-state index in [2.05, 4.69) is 16.0 Å². The highest BCUT2D eigenvalue weighted by molar-refractivity contribution is 8.00. The minimum atomic E-state index is -0.653. The number of halogens is 1. The molecule has 9 nitrogen and oxygen atoms in total. The largest absolute Gasteiger partial charge is 0.495 e. The van der Waals surface area contributed by atoms with Crippen molar-refractivity contribution in [3.8, 4) is 17.2 Å². The smallest absolute Gasteiger partial charge is 0.272 e. The lowest BCUT2D eigenvalue weighted by Crippen LogP contribution is -2.30. The normalized spacial score (nSPS) is 11.5. The van der Waals surface area contributed by atoms with Gasteiger partial charge in [-0.2, -0.15) is 0 Å². The summed E-state index contributed by atoms with van der Waals surface area (Å²) in [6.45, 7) is 0.419. The van der Waals surface area contributed by atoms with Crippen molar-refractivity contribution in [3.63, 3.8) is 0 Å². The summed E-state index contributed by atoms with van der Waals surface area (Å²) in [6.07, 6.45) is 1.61. The summed E-state index contributed by atoms with van der Waals surface area (Å²) in [5.74, 6) is 0.240. The van der Waals surface area contributed by atoms with Crippen LogP contribution in [-0.4, -0.2) is 31.9 Å². The number of carbonyl (C=O) groups excluding carboxylic acids is 3. The Balaban J connectivity index is 1.18. The highest BCUT2D eigenvalue weighted by atomic mass is 35.5. The van der Waals surface area contributed by atoms with E-state index in [1.807, 2.05) is 103 Å². The Morgan fingerprint density at radius 1 is 0.714 bits per heavy atom. The first kappa shape index (κ1) is 39.2. The summed E-state index contributed by atoms with van der Waals surface area (Å²) >= 11 is 7.71. The molecule has 0 saturated carbocycles. The lowest BCUT2D eigenvalue weighted by atomic mass is 10.1. The van der Waals surface area contributed by atoms with Gasteiger partial charge in [-0.1, -0.05) is 103 Å². The molecular weight excluding hydrogens is 746 g/mol. The number of hydrogen-bond acceptors (Lipinski definition) is 7. The second kappa shape index (κ2) is 19.2. The Labute approximate surface area is 334 Å². The van der Waals surface area contributed by atoms with Crippen molar-refractivity contribution in [3.05, 3.63) is 185 Å². The SMILES string of the molecule is COc1cc(OC)c(NC(=O)C(Sc2ccc(NC(=O)/C(=C/c3ccc(OCc4ccccc4)cc3)NC(=O)c3ccccc3)cc2)c2ccccc2)cc1Cl. The summed E-state index contributed by atoms with van der Waals surface area (Å²) in [6, 6.07) is 45.4. The molecule has 1 unspecified atom stereocenters. The van der Waals surface area contributed by atoms with Crippen LogP contribution in [0.5, 0.6) is 17.2 Å². The molecule has 282 valence electrons. The molecule has 0 radical (unpaired) electrons. The van der Waals surface area contributed by atoms with E-state index in [0.29, 0.717) is 51.4 Å². The predicted molar refractivity (Wildman–Crippen MR) is 222 cm³/mol. The van der Waals surface area contributed by atoms with Crippen molar-refractivity contribution in [1.29, 1.82) is 0 Å². The number of benzene rings is 6. The van der Waals surface area contributed by atoms with Crippen LogP contribution in [0, 0.1) is 0 Å². The number of rotatable bonds is 15. The zero-order chi connectivity index (χ0) is 39.3. The maximum Gasteiger partial charge on any atom is 0.272 e. The van der Waals surface area contributed by atoms with E-state index in [0.717, 1.165) is 16.0 Å². The van der Waals surface area contributed by atoms with Gasteiger partial charge in [0.25, 0.3) is 11.8 Å². The molecule has 0 bridgehead atoms. The van der Waals surface area contributed by atoms with Gasteiger partial charge in [0.2, 0.25) is 5.91 Å². The fraction of sp³-hybridized carbons (Fsp3) is 0.0889. The molecule has 0 aliphatic rings. The first-order chi connectivity index (χ1) is 27.3. The molecule has 3 amide bonds. The Morgan fingerprint density at radius 2 is 1.34 bits per heavy atom. The maximum absolute atomic E-state index is 13.8. The van der Waals surface area contributed by atoms with Crippen molar-refractivity contribution >= 4 is 58.5 Å². The van der Waals surface area contributed by atoms with Crippen LogP contribution in [0.4, 0.5) is 11.4 Å². The summed E-state index contributed by atoms with van der Waals surface area (Å²) in [7, 11) is 3.00. The van der Waals surface area contributed by atoms with Crippen molar-refractivity contribution in [2.75, 3.05) is 24.9 Å². The van der Waals surface area contributed by atoms with Gasteiger partial charge in [-0.25, -0.2) is 0 Å². The van der Waals surface area contributed by atoms with E-state index >= 15 is 0 Å². The maximum atomic E-state index is 13.8. The Bertz CT molecular complexity index is 2290. The second-order valence-corrected chi connectivity index (χ2v) is 13.9. The van der Waals surface area contributed by atoms with Crippen molar-refractivity contribution in [2.24, 2.45) is 0 Å². The molecule has 6 rings (SSSR count). The van der Waals surface area contributed by atoms with Crippen molar-refractivity contribution < 1.29 is 28.6 Å². The number of ether oxygens (including phenoxy) is 3. The van der Waals surface area contributed by atoms with Crippen molar-refractivity contribution in [2.45, 2.75) is 16.8 Å². The first-order valence-electron chi connectivity index (χ1n) is 17.5. The molecule has 6 aromatic rings. The summed E-state index contributed by atoms with van der Waals surface area (Å²) < 4.78 is 16.7. The molecule has 0 aliphatic heterocycles. The molecule has 0 spiro atoms. The van der Waals surface area contributed by atoms with Gasteiger partial charge in [0.15, 0.2) is 0 Å². The van der Waals surface area contributed by atoms with E-state index in [-0.39, 0.29) is 11.6 Å². The molecule has 11 heteroatoms. The third-order valence-electron chi connectivity index (χ3n) is 8.41. The van der Waals surface area contributed by atoms with Gasteiger partial charge in [0.1, 0.15) is 34.8 Å². The van der Waals surface area contributed by atoms with Crippen LogP contribution in [0.3, 0.4) is 0 Å². The lowest BCUT2D eigenvalue weighted by Gasteiger charge is -2.19. The molecule has 0 aliphatic carbocycles. The van der Waals surface area contributed by atoms with Gasteiger partial charge in [0.05, 0.1) is 24.9 Å². The number of hydrogen-bond donors (Lipinski definition) is 3. The van der Waals surface area contributed by atoms with Gasteiger partial charge in [-0.05, 0) is 77.4 Å². The average molecular weight is 784 g/mol. The third kappa shape index (κ3) is 10.6. The Morgan fingerprint density at radius 3 is 1.98 bits per heavy atom. The number of nitrogens with one attached hydrogen (secondary N) is 3. The van der Waals surface area contributed by atoms with Crippen LogP contribution in [0.15, 0.2) is 162 Å². The molecule has 0 aromatic heterocycles. The van der Waals surface area contributed by atoms with Crippen LogP contribution in [0.2, 0.25) is 5.02 Å². The molecule has 3 N–H and O–H groups in total. The average Bonchev–Trinajstić information content (AvgIpc) is 3.24. The van der Waals surface area contributed by atoms with E-state index in [4.69, 9.17) is 25.8 Å². The molecule has 56 heavy (non-hydrogen) atoms. The minimum Gasteiger partial charge on any atom is -0.495 e. The number of amides is 3. The number of methoxy groups -OCH3 is 2. The second-order valence-electron chi connectivity index (χ2n) is 12.3. The predicted octanol–water partition coefficient (Wildman–Crippen LogP) is 9.82. The number of anilines is 2. The lowest BCUT2D eigenvalue weighted by molar-refractivity contribution is -0.116. The van der Waals surface area contributed by atoms with E-state index in [1.165, 1.54) is 26.0 Å². The molecule has 0 heterocycles. The monoisotopic (exact) mass is 783 g/mol. The van der Waals surface area contributed by atoms with Gasteiger partial charge < -0.3 is 30.2 Å². The molecule has 0 fully saturated rings. The number of carbonyl (C=O) groups is 3. The Hall–Kier alpha value is -6.49. The first-order valence-corrected chi connectivity index (χ1v) is 18.8. The van der Waals surface area contributed by atoms with Crippen LogP contribution < -0.4 is 30.2 Å². The van der Waals surface area contributed by atoms with Crippen LogP contribution in [0.1, 0.15) is 32.3 Å². The summed E-state index contributed by atoms with van der Waals surface area (Å²) in [4.78, 5) is 41.5. The van der Waals surface area contributed by atoms with E-state index in [1.54, 1.807) is 54.6 Å². The molecule has 1 atom stereocenters. The molecular formula is C45H38ClN3O6S. The standard InChI is InChI=1S/C45H38ClN3O6S/c1-53-40-28-41(54-2)38(27-37(40)46)48-45(52)42(32-14-8-4-9-15-32)56-36-24-20-34(21-25-36)47-44(51)39(49-43(50)33-16-10-5-11-17-33)26-30-18-22-35(23-19-30)55-29-31-12-6-3-7-13-31/h3-28,42H,29H2,1-2H3,(H,47,51)(H,48,52)(H,49,50)/b39-26-. The topological polar surface area (TPSA) is 115 Å². The summed E-state index contributed by atoms with van der Waals surface area (Å²) in [5.41, 5.74) is 3.85. The van der Waals surface area contributed by atoms with Crippen LogP contribution in [0.25, 0.3) is 6.08 Å². The molecule has 0 saturated heterocycles. The Kier molecular flexibility index (Phi) is 13.4. The number of thioether (sulfide) groups is 1.